The molecule has 2 saturated heterocycles. The zero-order valence-corrected chi connectivity index (χ0v) is 24.2. The van der Waals surface area contributed by atoms with Gasteiger partial charge in [0.25, 0.3) is 11.1 Å². The molecule has 3 heterocycles. The number of imide groups is 1. The van der Waals surface area contributed by atoms with Gasteiger partial charge in [-0.2, -0.15) is 18.3 Å². The molecule has 0 radical (unpaired) electrons. The number of aromatic nitrogens is 2. The number of carbonyl (C=O) groups excluding carboxylic acids is 3. The van der Waals surface area contributed by atoms with Crippen molar-refractivity contribution in [2.24, 2.45) is 0 Å². The minimum absolute atomic E-state index is 0.00188. The lowest BCUT2D eigenvalue weighted by Gasteiger charge is -2.25. The highest BCUT2D eigenvalue weighted by atomic mass is 35.5. The summed E-state index contributed by atoms with van der Waals surface area (Å²) in [6, 6.07) is 7.38. The van der Waals surface area contributed by atoms with Crippen molar-refractivity contribution in [3.63, 3.8) is 0 Å². The van der Waals surface area contributed by atoms with E-state index in [2.05, 4.69) is 5.10 Å². The van der Waals surface area contributed by atoms with Gasteiger partial charge >= 0.3 is 12.3 Å². The predicted octanol–water partition coefficient (Wildman–Crippen LogP) is 6.75. The number of ether oxygens (including phenoxy) is 1. The molecule has 2 aliphatic rings. The minimum atomic E-state index is -4.59. The Hall–Kier alpha value is -3.58. The number of fused-ring (bicyclic) bond motifs is 1. The number of alkyl halides is 4. The topological polar surface area (TPSA) is 84.7 Å². The van der Waals surface area contributed by atoms with Crippen LogP contribution in [0.25, 0.3) is 17.0 Å². The normalized spacial score (nSPS) is 20.8. The molecule has 2 atom stereocenters. The van der Waals surface area contributed by atoms with Gasteiger partial charge in [-0.25, -0.2) is 9.18 Å². The van der Waals surface area contributed by atoms with E-state index >= 15 is 0 Å². The molecule has 1 aromatic heterocycles. The molecule has 0 spiro atoms. The molecule has 8 nitrogen and oxygen atoms in total. The SMILES string of the molecule is CC(C)(C)OC(=O)N1CC(F)C(N2C(=O)SC(=Cc3ccc4c(cnn4Cc4ccc(Cl)cc4C(F)(F)F)c3)C2=O)C1. The number of thioether (sulfide) groups is 1. The largest absolute Gasteiger partial charge is 0.444 e. The Bertz CT molecular complexity index is 1620. The first kappa shape index (κ1) is 29.9. The summed E-state index contributed by atoms with van der Waals surface area (Å²) >= 11 is 6.44. The van der Waals surface area contributed by atoms with E-state index in [-0.39, 0.29) is 35.1 Å². The van der Waals surface area contributed by atoms with Crippen molar-refractivity contribution in [1.29, 1.82) is 0 Å². The van der Waals surface area contributed by atoms with Crippen LogP contribution in [-0.4, -0.2) is 67.7 Å². The highest BCUT2D eigenvalue weighted by Gasteiger charge is 2.48. The van der Waals surface area contributed by atoms with Gasteiger partial charge in [0.05, 0.1) is 41.3 Å². The van der Waals surface area contributed by atoms with E-state index in [1.807, 2.05) is 0 Å². The van der Waals surface area contributed by atoms with Crippen LogP contribution in [0.5, 0.6) is 0 Å². The van der Waals surface area contributed by atoms with E-state index in [9.17, 15) is 31.9 Å². The summed E-state index contributed by atoms with van der Waals surface area (Å²) in [5, 5.41) is 4.15. The second kappa shape index (κ2) is 10.9. The van der Waals surface area contributed by atoms with E-state index in [0.717, 1.165) is 15.9 Å². The Morgan fingerprint density at radius 3 is 2.57 bits per heavy atom. The summed E-state index contributed by atoms with van der Waals surface area (Å²) < 4.78 is 62.3. The van der Waals surface area contributed by atoms with Gasteiger partial charge < -0.3 is 9.64 Å². The quantitative estimate of drug-likeness (QED) is 0.236. The lowest BCUT2D eigenvalue weighted by molar-refractivity contribution is -0.138. The minimum Gasteiger partial charge on any atom is -0.444 e. The summed E-state index contributed by atoms with van der Waals surface area (Å²) in [5.74, 6) is -0.679. The third kappa shape index (κ3) is 6.12. The summed E-state index contributed by atoms with van der Waals surface area (Å²) in [4.78, 5) is 40.4. The Morgan fingerprint density at radius 1 is 1.14 bits per heavy atom. The molecule has 2 aromatic carbocycles. The van der Waals surface area contributed by atoms with Gasteiger partial charge in [0.15, 0.2) is 0 Å². The fourth-order valence-electron chi connectivity index (χ4n) is 4.82. The fraction of sp³-hybridized carbons (Fsp3) is 0.357. The molecule has 2 unspecified atom stereocenters. The molecule has 0 saturated carbocycles. The lowest BCUT2D eigenvalue weighted by Crippen LogP contribution is -2.45. The lowest BCUT2D eigenvalue weighted by atomic mass is 10.1. The summed E-state index contributed by atoms with van der Waals surface area (Å²) in [5.41, 5.74) is -0.549. The molecule has 0 aliphatic carbocycles. The summed E-state index contributed by atoms with van der Waals surface area (Å²) in [7, 11) is 0. The van der Waals surface area contributed by atoms with E-state index in [4.69, 9.17) is 16.3 Å². The zero-order valence-electron chi connectivity index (χ0n) is 22.6. The van der Waals surface area contributed by atoms with Gasteiger partial charge in [0, 0.05) is 17.0 Å². The van der Waals surface area contributed by atoms with Crippen molar-refractivity contribution < 1.29 is 36.7 Å². The number of rotatable bonds is 4. The van der Waals surface area contributed by atoms with Crippen LogP contribution in [0.15, 0.2) is 47.5 Å². The van der Waals surface area contributed by atoms with Gasteiger partial charge in [-0.15, -0.1) is 0 Å². The first-order valence-electron chi connectivity index (χ1n) is 12.8. The molecular weight excluding hydrogens is 600 g/mol. The zero-order chi connectivity index (χ0) is 30.6. The molecule has 222 valence electrons. The summed E-state index contributed by atoms with van der Waals surface area (Å²) in [6.07, 6.45) is -3.98. The van der Waals surface area contributed by atoms with Crippen LogP contribution in [0.3, 0.4) is 0 Å². The maximum absolute atomic E-state index is 14.9. The van der Waals surface area contributed by atoms with E-state index < -0.39 is 46.8 Å². The Labute approximate surface area is 247 Å². The van der Waals surface area contributed by atoms with Crippen LogP contribution in [0.4, 0.5) is 27.2 Å². The second-order valence-electron chi connectivity index (χ2n) is 10.9. The number of amides is 3. The molecule has 3 aromatic rings. The molecule has 2 aliphatic heterocycles. The molecule has 2 fully saturated rings. The average molecular weight is 625 g/mol. The Kier molecular flexibility index (Phi) is 7.77. The first-order chi connectivity index (χ1) is 19.6. The molecule has 3 amide bonds. The van der Waals surface area contributed by atoms with Crippen molar-refractivity contribution in [3.8, 4) is 0 Å². The standard InChI is InChI=1S/C28H25ClF4N4O4S/c1-27(2,3)41-25(39)35-13-20(30)22(14-35)37-24(38)23(42-26(37)40)9-15-4-7-21-17(8-15)11-34-36(21)12-16-5-6-18(29)10-19(16)28(31,32)33/h4-11,20,22H,12-14H2,1-3H3. The van der Waals surface area contributed by atoms with E-state index in [1.165, 1.54) is 29.1 Å². The Morgan fingerprint density at radius 2 is 1.88 bits per heavy atom. The molecule has 14 heteroatoms. The molecule has 0 N–H and O–H groups in total. The van der Waals surface area contributed by atoms with Crippen molar-refractivity contribution in [1.82, 2.24) is 19.6 Å². The maximum Gasteiger partial charge on any atom is 0.416 e. The van der Waals surface area contributed by atoms with Gasteiger partial charge in [-0.1, -0.05) is 23.7 Å². The number of benzene rings is 2. The van der Waals surface area contributed by atoms with Crippen molar-refractivity contribution in [2.45, 2.75) is 51.3 Å². The van der Waals surface area contributed by atoms with Gasteiger partial charge in [-0.05, 0) is 74.0 Å². The number of halogens is 5. The van der Waals surface area contributed by atoms with Gasteiger partial charge in [-0.3, -0.25) is 19.2 Å². The smallest absolute Gasteiger partial charge is 0.416 e. The third-order valence-electron chi connectivity index (χ3n) is 6.69. The third-order valence-corrected chi connectivity index (χ3v) is 7.81. The number of hydrogen-bond acceptors (Lipinski definition) is 6. The number of likely N-dealkylation sites (tertiary alicyclic amines) is 1. The Balaban J connectivity index is 1.34. The first-order valence-corrected chi connectivity index (χ1v) is 14.0. The highest BCUT2D eigenvalue weighted by molar-refractivity contribution is 8.18. The van der Waals surface area contributed by atoms with Crippen LogP contribution in [0, 0.1) is 0 Å². The fourth-order valence-corrected chi connectivity index (χ4v) is 5.87. The average Bonchev–Trinajstić information content (AvgIpc) is 3.53. The summed E-state index contributed by atoms with van der Waals surface area (Å²) in [6.45, 7) is 4.40. The van der Waals surface area contributed by atoms with Crippen molar-refractivity contribution in [3.05, 3.63) is 69.2 Å². The predicted molar refractivity (Wildman–Crippen MR) is 150 cm³/mol. The van der Waals surface area contributed by atoms with Crippen LogP contribution < -0.4 is 0 Å². The van der Waals surface area contributed by atoms with Crippen LogP contribution in [0.2, 0.25) is 5.02 Å². The van der Waals surface area contributed by atoms with Crippen LogP contribution in [0.1, 0.15) is 37.5 Å². The molecule has 0 bridgehead atoms. The van der Waals surface area contributed by atoms with Crippen molar-refractivity contribution in [2.75, 3.05) is 13.1 Å². The van der Waals surface area contributed by atoms with Gasteiger partial charge in [0.2, 0.25) is 0 Å². The van der Waals surface area contributed by atoms with Crippen LogP contribution in [-0.2, 0) is 22.3 Å². The monoisotopic (exact) mass is 624 g/mol. The highest BCUT2D eigenvalue weighted by Crippen LogP contribution is 2.37. The van der Waals surface area contributed by atoms with Crippen molar-refractivity contribution >= 4 is 57.6 Å². The molecule has 5 rings (SSSR count). The van der Waals surface area contributed by atoms with Gasteiger partial charge in [0.1, 0.15) is 11.8 Å². The van der Waals surface area contributed by atoms with E-state index in [1.54, 1.807) is 39.0 Å². The molecular formula is C28H25ClF4N4O4S. The number of hydrogen-bond donors (Lipinski definition) is 0. The second-order valence-corrected chi connectivity index (χ2v) is 12.4. The maximum atomic E-state index is 14.9. The van der Waals surface area contributed by atoms with Crippen LogP contribution >= 0.6 is 23.4 Å². The number of carbonyl (C=O) groups is 3. The molecule has 42 heavy (non-hydrogen) atoms. The van der Waals surface area contributed by atoms with E-state index in [0.29, 0.717) is 28.2 Å². The number of nitrogens with zero attached hydrogens (tertiary/aromatic N) is 4.